The number of para-hydroxylation sites is 1. The Kier molecular flexibility index (Phi) is 4.44. The Morgan fingerprint density at radius 1 is 1.24 bits per heavy atom. The number of rotatable bonds is 2. The fraction of sp³-hybridized carbons (Fsp3) is 0.533. The molecule has 1 aromatic rings. The molecule has 3 nitrogen and oxygen atoms in total. The van der Waals surface area contributed by atoms with Gasteiger partial charge in [0.15, 0.2) is 0 Å². The largest absolute Gasteiger partial charge is 0.418 e. The van der Waals surface area contributed by atoms with Crippen molar-refractivity contribution in [1.29, 1.82) is 0 Å². The Hall–Kier alpha value is -1.72. The topological polar surface area (TPSA) is 46.3 Å². The minimum Gasteiger partial charge on any atom is -0.398 e. The van der Waals surface area contributed by atoms with Crippen LogP contribution in [-0.4, -0.2) is 23.9 Å². The summed E-state index contributed by atoms with van der Waals surface area (Å²) in [6, 6.07) is 3.56. The minimum absolute atomic E-state index is 0.0714. The average Bonchev–Trinajstić information content (AvgIpc) is 2.45. The number of halogens is 3. The molecule has 2 N–H and O–H groups in total. The number of nitrogens with two attached hydrogens (primary N) is 1. The minimum atomic E-state index is -4.55. The van der Waals surface area contributed by atoms with Gasteiger partial charge in [-0.25, -0.2) is 0 Å². The number of nitrogen functional groups attached to an aromatic ring is 1. The van der Waals surface area contributed by atoms with Crippen molar-refractivity contribution in [1.82, 2.24) is 4.90 Å². The normalized spacial score (nSPS) is 16.8. The summed E-state index contributed by atoms with van der Waals surface area (Å²) in [5.41, 5.74) is 4.06. The van der Waals surface area contributed by atoms with Crippen LogP contribution in [0.1, 0.15) is 48.0 Å². The number of anilines is 1. The molecular formula is C15H19F3N2O. The zero-order valence-electron chi connectivity index (χ0n) is 11.9. The molecular weight excluding hydrogens is 281 g/mol. The highest BCUT2D eigenvalue weighted by Crippen LogP contribution is 2.35. The van der Waals surface area contributed by atoms with Gasteiger partial charge in [-0.05, 0) is 25.0 Å². The standard InChI is InChI=1S/C15H19F3N2O/c1-20(10-6-3-2-4-7-10)14(21)11-8-5-9-12(13(11)19)15(16,17)18/h5,8-10H,2-4,6-7,19H2,1H3. The maximum Gasteiger partial charge on any atom is 0.418 e. The lowest BCUT2D eigenvalue weighted by Gasteiger charge is -2.31. The average molecular weight is 300 g/mol. The number of amides is 1. The fourth-order valence-corrected chi connectivity index (χ4v) is 2.82. The number of carbonyl (C=O) groups excluding carboxylic acids is 1. The fourth-order valence-electron chi connectivity index (χ4n) is 2.82. The summed E-state index contributed by atoms with van der Waals surface area (Å²) < 4.78 is 38.5. The maximum atomic E-state index is 12.8. The lowest BCUT2D eigenvalue weighted by molar-refractivity contribution is -0.136. The van der Waals surface area contributed by atoms with Crippen LogP contribution < -0.4 is 5.73 Å². The number of carbonyl (C=O) groups is 1. The van der Waals surface area contributed by atoms with E-state index in [0.717, 1.165) is 38.2 Å². The quantitative estimate of drug-likeness (QED) is 0.847. The van der Waals surface area contributed by atoms with Gasteiger partial charge in [0.25, 0.3) is 5.91 Å². The third-order valence-electron chi connectivity index (χ3n) is 4.08. The van der Waals surface area contributed by atoms with Crippen LogP contribution in [0.15, 0.2) is 18.2 Å². The van der Waals surface area contributed by atoms with Crippen LogP contribution in [0.3, 0.4) is 0 Å². The van der Waals surface area contributed by atoms with E-state index in [2.05, 4.69) is 0 Å². The molecule has 0 radical (unpaired) electrons. The first-order valence-corrected chi connectivity index (χ1v) is 7.05. The molecule has 2 rings (SSSR count). The summed E-state index contributed by atoms with van der Waals surface area (Å²) in [4.78, 5) is 14.0. The Morgan fingerprint density at radius 3 is 2.43 bits per heavy atom. The third kappa shape index (κ3) is 3.31. The van der Waals surface area contributed by atoms with Crippen molar-refractivity contribution in [2.45, 2.75) is 44.3 Å². The van der Waals surface area contributed by atoms with Gasteiger partial charge >= 0.3 is 6.18 Å². The number of nitrogens with zero attached hydrogens (tertiary/aromatic N) is 1. The molecule has 0 bridgehead atoms. The molecule has 1 amide bonds. The Balaban J connectivity index is 2.27. The summed E-state index contributed by atoms with van der Waals surface area (Å²) in [6.07, 6.45) is 0.455. The molecule has 1 aliphatic rings. The number of hydrogen-bond donors (Lipinski definition) is 1. The highest BCUT2D eigenvalue weighted by molar-refractivity contribution is 5.99. The summed E-state index contributed by atoms with van der Waals surface area (Å²) in [5, 5.41) is 0. The molecule has 1 saturated carbocycles. The lowest BCUT2D eigenvalue weighted by atomic mass is 9.94. The molecule has 21 heavy (non-hydrogen) atoms. The van der Waals surface area contributed by atoms with Gasteiger partial charge in [-0.2, -0.15) is 13.2 Å². The Morgan fingerprint density at radius 2 is 1.86 bits per heavy atom. The number of hydrogen-bond acceptors (Lipinski definition) is 2. The molecule has 0 spiro atoms. The molecule has 0 heterocycles. The second kappa shape index (κ2) is 5.95. The highest BCUT2D eigenvalue weighted by atomic mass is 19.4. The van der Waals surface area contributed by atoms with E-state index in [1.807, 2.05) is 0 Å². The summed E-state index contributed by atoms with van der Waals surface area (Å²) in [7, 11) is 1.64. The van der Waals surface area contributed by atoms with Crippen molar-refractivity contribution < 1.29 is 18.0 Å². The molecule has 1 fully saturated rings. The monoisotopic (exact) mass is 300 g/mol. The van der Waals surface area contributed by atoms with Gasteiger partial charge in [0.1, 0.15) is 0 Å². The van der Waals surface area contributed by atoms with E-state index >= 15 is 0 Å². The van der Waals surface area contributed by atoms with Gasteiger partial charge in [-0.15, -0.1) is 0 Å². The first-order valence-electron chi connectivity index (χ1n) is 7.05. The van der Waals surface area contributed by atoms with E-state index in [9.17, 15) is 18.0 Å². The smallest absolute Gasteiger partial charge is 0.398 e. The van der Waals surface area contributed by atoms with Crippen LogP contribution in [0.5, 0.6) is 0 Å². The van der Waals surface area contributed by atoms with E-state index in [4.69, 9.17) is 5.73 Å². The molecule has 116 valence electrons. The molecule has 0 unspecified atom stereocenters. The first kappa shape index (κ1) is 15.7. The van der Waals surface area contributed by atoms with Crippen molar-refractivity contribution in [3.8, 4) is 0 Å². The molecule has 0 atom stereocenters. The lowest BCUT2D eigenvalue weighted by Crippen LogP contribution is -2.38. The van der Waals surface area contributed by atoms with E-state index in [1.165, 1.54) is 17.0 Å². The van der Waals surface area contributed by atoms with Crippen molar-refractivity contribution >= 4 is 11.6 Å². The molecule has 6 heteroatoms. The summed E-state index contributed by atoms with van der Waals surface area (Å²) in [5.74, 6) is -0.439. The van der Waals surface area contributed by atoms with Crippen molar-refractivity contribution in [2.75, 3.05) is 12.8 Å². The van der Waals surface area contributed by atoms with Crippen LogP contribution in [-0.2, 0) is 6.18 Å². The second-order valence-electron chi connectivity index (χ2n) is 5.47. The van der Waals surface area contributed by atoms with Crippen LogP contribution in [0.25, 0.3) is 0 Å². The zero-order chi connectivity index (χ0) is 15.6. The second-order valence-corrected chi connectivity index (χ2v) is 5.47. The molecule has 0 aromatic heterocycles. The number of benzene rings is 1. The predicted molar refractivity (Wildman–Crippen MR) is 74.8 cm³/mol. The van der Waals surface area contributed by atoms with Crippen LogP contribution in [0.2, 0.25) is 0 Å². The maximum absolute atomic E-state index is 12.8. The zero-order valence-corrected chi connectivity index (χ0v) is 11.9. The van der Waals surface area contributed by atoms with Gasteiger partial charge in [0.2, 0.25) is 0 Å². The summed E-state index contributed by atoms with van der Waals surface area (Å²) >= 11 is 0. The van der Waals surface area contributed by atoms with E-state index in [-0.39, 0.29) is 11.6 Å². The Labute approximate surface area is 121 Å². The van der Waals surface area contributed by atoms with Gasteiger partial charge in [-0.3, -0.25) is 4.79 Å². The predicted octanol–water partition coefficient (Wildman–Crippen LogP) is 3.69. The van der Waals surface area contributed by atoms with Gasteiger partial charge in [-0.1, -0.05) is 25.3 Å². The Bertz CT molecular complexity index is 522. The van der Waals surface area contributed by atoms with Crippen molar-refractivity contribution in [2.24, 2.45) is 0 Å². The molecule has 1 aliphatic carbocycles. The van der Waals surface area contributed by atoms with Crippen molar-refractivity contribution in [3.63, 3.8) is 0 Å². The first-order chi connectivity index (χ1) is 9.82. The SMILES string of the molecule is CN(C(=O)c1cccc(C(F)(F)F)c1N)C1CCCCC1. The third-order valence-corrected chi connectivity index (χ3v) is 4.08. The van der Waals surface area contributed by atoms with Gasteiger partial charge < -0.3 is 10.6 Å². The summed E-state index contributed by atoms with van der Waals surface area (Å²) in [6.45, 7) is 0. The van der Waals surface area contributed by atoms with Crippen molar-refractivity contribution in [3.05, 3.63) is 29.3 Å². The van der Waals surface area contributed by atoms with Gasteiger partial charge in [0, 0.05) is 13.1 Å². The molecule has 1 aromatic carbocycles. The number of alkyl halides is 3. The molecule has 0 saturated heterocycles. The molecule has 0 aliphatic heterocycles. The highest BCUT2D eigenvalue weighted by Gasteiger charge is 2.35. The van der Waals surface area contributed by atoms with Crippen LogP contribution in [0, 0.1) is 0 Å². The van der Waals surface area contributed by atoms with E-state index in [0.29, 0.717) is 0 Å². The van der Waals surface area contributed by atoms with E-state index < -0.39 is 23.3 Å². The van der Waals surface area contributed by atoms with E-state index in [1.54, 1.807) is 7.05 Å². The van der Waals surface area contributed by atoms with Crippen LogP contribution in [0.4, 0.5) is 18.9 Å². The van der Waals surface area contributed by atoms with Gasteiger partial charge in [0.05, 0.1) is 16.8 Å². The van der Waals surface area contributed by atoms with Crippen LogP contribution >= 0.6 is 0 Å².